The van der Waals surface area contributed by atoms with E-state index in [2.05, 4.69) is 98.8 Å². The van der Waals surface area contributed by atoms with Gasteiger partial charge in [-0.1, -0.05) is 163 Å². The summed E-state index contributed by atoms with van der Waals surface area (Å²) in [6, 6.07) is 22.6. The number of hydrogen-bond acceptors (Lipinski definition) is 0. The first-order valence-electron chi connectivity index (χ1n) is 19.5. The first-order valence-corrected chi connectivity index (χ1v) is 19.5. The molecule has 0 amide bonds. The molecule has 0 aromatic heterocycles. The Morgan fingerprint density at radius 3 is 1.04 bits per heavy atom. The second-order valence-electron chi connectivity index (χ2n) is 13.8. The summed E-state index contributed by atoms with van der Waals surface area (Å²) in [7, 11) is 0. The Morgan fingerprint density at radius 2 is 0.689 bits per heavy atom. The minimum atomic E-state index is 1.14. The van der Waals surface area contributed by atoms with Gasteiger partial charge < -0.3 is 4.48 Å². The molecule has 252 valence electrons. The third kappa shape index (κ3) is 21.3. The third-order valence-electron chi connectivity index (χ3n) is 9.51. The predicted octanol–water partition coefficient (Wildman–Crippen LogP) is 13.9. The molecule has 0 atom stereocenters. The lowest BCUT2D eigenvalue weighted by Crippen LogP contribution is -2.48. The Kier molecular flexibility index (Phi) is 24.4. The molecular weight excluding hydrogens is 542 g/mol. The van der Waals surface area contributed by atoms with Gasteiger partial charge in [-0.15, -0.1) is 0 Å². The van der Waals surface area contributed by atoms with Gasteiger partial charge in [-0.3, -0.25) is 0 Å². The maximum Gasteiger partial charge on any atom is 0.105 e. The summed E-state index contributed by atoms with van der Waals surface area (Å²) in [6.45, 7) is 9.45. The van der Waals surface area contributed by atoms with Crippen LogP contribution in [-0.2, 0) is 13.1 Å². The highest BCUT2D eigenvalue weighted by molar-refractivity contribution is 5.15. The fraction of sp³-hybridized carbons (Fsp3) is 0.636. The van der Waals surface area contributed by atoms with E-state index < -0.39 is 0 Å². The highest BCUT2D eigenvalue weighted by Gasteiger charge is 2.27. The predicted molar refractivity (Wildman–Crippen MR) is 201 cm³/mol. The van der Waals surface area contributed by atoms with Crippen molar-refractivity contribution in [2.24, 2.45) is 0 Å². The molecule has 0 N–H and O–H groups in total. The summed E-state index contributed by atoms with van der Waals surface area (Å²) >= 11 is 0. The minimum absolute atomic E-state index is 1.14. The maximum absolute atomic E-state index is 2.46. The van der Waals surface area contributed by atoms with E-state index in [-0.39, 0.29) is 0 Å². The zero-order valence-corrected chi connectivity index (χ0v) is 29.9. The van der Waals surface area contributed by atoms with Crippen molar-refractivity contribution in [2.45, 2.75) is 168 Å². The average Bonchev–Trinajstić information content (AvgIpc) is 3.06. The number of hydrogen-bond donors (Lipinski definition) is 0. The molecule has 0 fully saturated rings. The van der Waals surface area contributed by atoms with Gasteiger partial charge in [0.2, 0.25) is 0 Å². The van der Waals surface area contributed by atoms with E-state index in [1.807, 2.05) is 0 Å². The number of allylic oxidation sites excluding steroid dienone is 4. The quantitative estimate of drug-likeness (QED) is 0.0466. The Labute approximate surface area is 281 Å². The monoisotopic (exact) mass is 615 g/mol. The molecule has 2 rings (SSSR count). The Bertz CT molecular complexity index is 864. The molecule has 0 saturated carbocycles. The van der Waals surface area contributed by atoms with Crippen LogP contribution >= 0.6 is 0 Å². The van der Waals surface area contributed by atoms with Crippen LogP contribution in [0.25, 0.3) is 0 Å². The lowest BCUT2D eigenvalue weighted by molar-refractivity contribution is -0.954. The van der Waals surface area contributed by atoms with E-state index in [1.165, 1.54) is 170 Å². The number of nitrogens with zero attached hydrogens (tertiary/aromatic N) is 1. The van der Waals surface area contributed by atoms with Gasteiger partial charge in [0.1, 0.15) is 13.1 Å². The first-order chi connectivity index (χ1) is 22.3. The van der Waals surface area contributed by atoms with Crippen molar-refractivity contribution in [1.29, 1.82) is 0 Å². The Morgan fingerprint density at radius 1 is 0.378 bits per heavy atom. The molecule has 0 spiro atoms. The summed E-state index contributed by atoms with van der Waals surface area (Å²) in [5.74, 6) is 0. The summed E-state index contributed by atoms with van der Waals surface area (Å²) in [5.41, 5.74) is 2.98. The molecule has 0 bridgehead atoms. The molecule has 2 aromatic rings. The van der Waals surface area contributed by atoms with Crippen molar-refractivity contribution < 1.29 is 4.48 Å². The molecular formula is C44H72N+. The fourth-order valence-electron chi connectivity index (χ4n) is 6.75. The minimum Gasteiger partial charge on any atom is -0.316 e. The summed E-state index contributed by atoms with van der Waals surface area (Å²) in [4.78, 5) is 0. The van der Waals surface area contributed by atoms with Crippen LogP contribution in [0.5, 0.6) is 0 Å². The first kappa shape index (κ1) is 39.1. The van der Waals surface area contributed by atoms with Gasteiger partial charge in [-0.25, -0.2) is 0 Å². The number of unbranched alkanes of at least 4 members (excludes halogenated alkanes) is 18. The van der Waals surface area contributed by atoms with E-state index >= 15 is 0 Å². The van der Waals surface area contributed by atoms with Crippen molar-refractivity contribution in [2.75, 3.05) is 13.1 Å². The van der Waals surface area contributed by atoms with Crippen molar-refractivity contribution >= 4 is 0 Å². The molecule has 1 nitrogen and oxygen atoms in total. The standard InChI is InChI=1S/C44H72N/c1-3-5-7-9-11-13-15-17-19-21-23-25-33-39-45(41-43-35-29-27-30-36-43,42-44-37-31-28-32-38-44)40-34-26-24-22-20-18-16-14-12-10-8-6-4-2/h17-20,27-32,35-38H,3-16,21-26,33-34,39-42H2,1-2H3/q+1/b19-17+,20-18+. The summed E-state index contributed by atoms with van der Waals surface area (Å²) in [5, 5.41) is 0. The molecule has 0 unspecified atom stereocenters. The smallest absolute Gasteiger partial charge is 0.105 e. The lowest BCUT2D eigenvalue weighted by atomic mass is 10.0. The van der Waals surface area contributed by atoms with Crippen LogP contribution in [0.1, 0.15) is 166 Å². The molecule has 0 heterocycles. The van der Waals surface area contributed by atoms with Gasteiger partial charge in [0, 0.05) is 11.1 Å². The molecule has 45 heavy (non-hydrogen) atoms. The lowest BCUT2D eigenvalue weighted by Gasteiger charge is -2.39. The van der Waals surface area contributed by atoms with Gasteiger partial charge >= 0.3 is 0 Å². The molecule has 0 aliphatic rings. The van der Waals surface area contributed by atoms with Gasteiger partial charge in [-0.05, 0) is 77.0 Å². The molecule has 1 heteroatoms. The Hall–Kier alpha value is -2.12. The highest BCUT2D eigenvalue weighted by Crippen LogP contribution is 2.24. The van der Waals surface area contributed by atoms with Crippen LogP contribution in [0.2, 0.25) is 0 Å². The van der Waals surface area contributed by atoms with Crippen LogP contribution in [0.4, 0.5) is 0 Å². The molecule has 0 saturated heterocycles. The second kappa shape index (κ2) is 28.1. The SMILES string of the molecule is CCCCCCCC/C=C/CCCCC[N+](CCCCC/C=C/CCCCCCCC)(Cc1ccccc1)Cc1ccccc1. The van der Waals surface area contributed by atoms with Crippen molar-refractivity contribution in [3.63, 3.8) is 0 Å². The molecule has 2 aromatic carbocycles. The zero-order valence-electron chi connectivity index (χ0n) is 29.9. The van der Waals surface area contributed by atoms with Gasteiger partial charge in [-0.2, -0.15) is 0 Å². The van der Waals surface area contributed by atoms with Gasteiger partial charge in [0.05, 0.1) is 13.1 Å². The van der Waals surface area contributed by atoms with Crippen molar-refractivity contribution in [3.05, 3.63) is 96.1 Å². The normalized spacial score (nSPS) is 12.1. The van der Waals surface area contributed by atoms with E-state index in [9.17, 15) is 0 Å². The summed E-state index contributed by atoms with van der Waals surface area (Å²) < 4.78 is 1.19. The second-order valence-corrected chi connectivity index (χ2v) is 13.8. The van der Waals surface area contributed by atoms with E-state index in [0.29, 0.717) is 0 Å². The van der Waals surface area contributed by atoms with E-state index in [1.54, 1.807) is 0 Å². The topological polar surface area (TPSA) is 0 Å². The molecule has 0 radical (unpaired) electrons. The third-order valence-corrected chi connectivity index (χ3v) is 9.51. The van der Waals surface area contributed by atoms with Crippen LogP contribution in [0, 0.1) is 0 Å². The van der Waals surface area contributed by atoms with Crippen LogP contribution in [0.3, 0.4) is 0 Å². The van der Waals surface area contributed by atoms with Gasteiger partial charge in [0.15, 0.2) is 0 Å². The van der Waals surface area contributed by atoms with Gasteiger partial charge in [0.25, 0.3) is 0 Å². The van der Waals surface area contributed by atoms with Crippen LogP contribution in [0.15, 0.2) is 85.0 Å². The molecule has 0 aliphatic heterocycles. The van der Waals surface area contributed by atoms with Crippen LogP contribution in [-0.4, -0.2) is 17.6 Å². The Balaban J connectivity index is 1.82. The fourth-order valence-corrected chi connectivity index (χ4v) is 6.75. The largest absolute Gasteiger partial charge is 0.316 e. The average molecular weight is 615 g/mol. The zero-order chi connectivity index (χ0) is 31.9. The van der Waals surface area contributed by atoms with E-state index in [0.717, 1.165) is 13.1 Å². The molecule has 0 aliphatic carbocycles. The van der Waals surface area contributed by atoms with Crippen molar-refractivity contribution in [1.82, 2.24) is 0 Å². The van der Waals surface area contributed by atoms with E-state index in [4.69, 9.17) is 0 Å². The number of quaternary nitrogens is 1. The highest BCUT2D eigenvalue weighted by atomic mass is 15.3. The maximum atomic E-state index is 2.46. The number of rotatable bonds is 30. The van der Waals surface area contributed by atoms with Crippen LogP contribution < -0.4 is 0 Å². The summed E-state index contributed by atoms with van der Waals surface area (Å²) in [6.07, 6.45) is 39.6. The number of benzene rings is 2. The van der Waals surface area contributed by atoms with Crippen molar-refractivity contribution in [3.8, 4) is 0 Å².